The van der Waals surface area contributed by atoms with Gasteiger partial charge >= 0.3 is 0 Å². The summed E-state index contributed by atoms with van der Waals surface area (Å²) in [6.07, 6.45) is 2.19. The van der Waals surface area contributed by atoms with E-state index in [1.165, 1.54) is 0 Å². The van der Waals surface area contributed by atoms with Crippen molar-refractivity contribution in [2.75, 3.05) is 29.1 Å². The Labute approximate surface area is 93.0 Å². The van der Waals surface area contributed by atoms with E-state index in [-0.39, 0.29) is 11.8 Å². The van der Waals surface area contributed by atoms with E-state index in [4.69, 9.17) is 16.8 Å². The summed E-state index contributed by atoms with van der Waals surface area (Å²) in [4.78, 5) is 10.0. The second kappa shape index (κ2) is 4.20. The summed E-state index contributed by atoms with van der Waals surface area (Å²) in [5, 5.41) is 9.09. The van der Waals surface area contributed by atoms with Crippen molar-refractivity contribution in [3.8, 4) is 6.07 Å². The molecule has 1 fully saturated rings. The van der Waals surface area contributed by atoms with Gasteiger partial charge in [-0.2, -0.15) is 15.2 Å². The predicted molar refractivity (Wildman–Crippen MR) is 60.4 cm³/mol. The monoisotopic (exact) mass is 219 g/mol. The molecule has 0 amide bonds. The number of nitrogens with zero attached hydrogens (tertiary/aromatic N) is 4. The predicted octanol–water partition coefficient (Wildman–Crippen LogP) is -0.184. The Kier molecular flexibility index (Phi) is 2.74. The number of nitriles is 1. The summed E-state index contributed by atoms with van der Waals surface area (Å²) in [7, 11) is 0. The van der Waals surface area contributed by atoms with Crippen molar-refractivity contribution in [2.45, 2.75) is 12.8 Å². The van der Waals surface area contributed by atoms with Crippen LogP contribution in [0.2, 0.25) is 0 Å². The van der Waals surface area contributed by atoms with Crippen molar-refractivity contribution in [3.63, 3.8) is 0 Å². The third-order valence-electron chi connectivity index (χ3n) is 2.56. The molecule has 0 aliphatic carbocycles. The van der Waals surface area contributed by atoms with Crippen molar-refractivity contribution in [1.82, 2.24) is 9.97 Å². The first-order valence-corrected chi connectivity index (χ1v) is 5.05. The molecule has 1 aromatic heterocycles. The Morgan fingerprint density at radius 3 is 2.56 bits per heavy atom. The minimum absolute atomic E-state index is 0.119. The fraction of sp³-hybridized carbons (Fsp3) is 0.444. The molecule has 7 nitrogen and oxygen atoms in total. The summed E-state index contributed by atoms with van der Waals surface area (Å²) >= 11 is 0. The van der Waals surface area contributed by atoms with Gasteiger partial charge in [0.05, 0.1) is 0 Å². The summed E-state index contributed by atoms with van der Waals surface area (Å²) < 4.78 is 0. The quantitative estimate of drug-likeness (QED) is 0.466. The SMILES string of the molecule is N#Cc1c(NN)nc(N)nc1N1CCCC1. The Hall–Kier alpha value is -2.07. The number of anilines is 3. The van der Waals surface area contributed by atoms with Crippen molar-refractivity contribution in [2.24, 2.45) is 5.84 Å². The lowest BCUT2D eigenvalue weighted by molar-refractivity contribution is 0.926. The minimum atomic E-state index is 0.119. The molecule has 2 heterocycles. The molecule has 0 radical (unpaired) electrons. The van der Waals surface area contributed by atoms with Gasteiger partial charge < -0.3 is 16.1 Å². The first kappa shape index (κ1) is 10.4. The van der Waals surface area contributed by atoms with Crippen LogP contribution in [0.25, 0.3) is 0 Å². The number of nitrogens with two attached hydrogens (primary N) is 2. The van der Waals surface area contributed by atoms with E-state index in [2.05, 4.69) is 21.5 Å². The van der Waals surface area contributed by atoms with E-state index < -0.39 is 0 Å². The van der Waals surface area contributed by atoms with Crippen LogP contribution >= 0.6 is 0 Å². The van der Waals surface area contributed by atoms with E-state index in [1.807, 2.05) is 4.90 Å². The third kappa shape index (κ3) is 1.70. The fourth-order valence-electron chi connectivity index (χ4n) is 1.83. The van der Waals surface area contributed by atoms with Crippen molar-refractivity contribution >= 4 is 17.6 Å². The van der Waals surface area contributed by atoms with Gasteiger partial charge in [0.1, 0.15) is 11.6 Å². The topological polar surface area (TPSA) is 117 Å². The first-order chi connectivity index (χ1) is 7.76. The van der Waals surface area contributed by atoms with Crippen molar-refractivity contribution < 1.29 is 0 Å². The lowest BCUT2D eigenvalue weighted by Gasteiger charge is -2.18. The molecule has 16 heavy (non-hydrogen) atoms. The van der Waals surface area contributed by atoms with Crippen LogP contribution in [0.3, 0.4) is 0 Å². The van der Waals surface area contributed by atoms with Crippen LogP contribution in [0, 0.1) is 11.3 Å². The zero-order valence-corrected chi connectivity index (χ0v) is 8.77. The van der Waals surface area contributed by atoms with Gasteiger partial charge in [0.2, 0.25) is 5.95 Å². The van der Waals surface area contributed by atoms with Crippen molar-refractivity contribution in [1.29, 1.82) is 5.26 Å². The van der Waals surface area contributed by atoms with Crippen LogP contribution in [-0.2, 0) is 0 Å². The number of aromatic nitrogens is 2. The highest BCUT2D eigenvalue weighted by Crippen LogP contribution is 2.26. The van der Waals surface area contributed by atoms with E-state index in [9.17, 15) is 0 Å². The summed E-state index contributed by atoms with van der Waals surface area (Å²) in [5.41, 5.74) is 8.29. The molecule has 0 spiro atoms. The maximum Gasteiger partial charge on any atom is 0.224 e. The Balaban J connectivity index is 2.49. The minimum Gasteiger partial charge on any atom is -0.368 e. The van der Waals surface area contributed by atoms with Gasteiger partial charge in [-0.3, -0.25) is 0 Å². The van der Waals surface area contributed by atoms with Gasteiger partial charge in [-0.15, -0.1) is 0 Å². The lowest BCUT2D eigenvalue weighted by Crippen LogP contribution is -2.23. The van der Waals surface area contributed by atoms with Crippen LogP contribution in [0.4, 0.5) is 17.6 Å². The fourth-order valence-corrected chi connectivity index (χ4v) is 1.83. The number of rotatable bonds is 2. The molecule has 84 valence electrons. The van der Waals surface area contributed by atoms with E-state index >= 15 is 0 Å². The summed E-state index contributed by atoms with van der Waals surface area (Å²) in [5.74, 6) is 6.26. The average molecular weight is 219 g/mol. The van der Waals surface area contributed by atoms with E-state index in [1.54, 1.807) is 0 Å². The van der Waals surface area contributed by atoms with Gasteiger partial charge in [-0.25, -0.2) is 5.84 Å². The van der Waals surface area contributed by atoms with Crippen LogP contribution in [0.15, 0.2) is 0 Å². The van der Waals surface area contributed by atoms with E-state index in [0.29, 0.717) is 11.4 Å². The first-order valence-electron chi connectivity index (χ1n) is 5.05. The molecule has 5 N–H and O–H groups in total. The average Bonchev–Trinajstić information content (AvgIpc) is 2.81. The largest absolute Gasteiger partial charge is 0.368 e. The highest BCUT2D eigenvalue weighted by molar-refractivity contribution is 5.67. The van der Waals surface area contributed by atoms with Crippen LogP contribution < -0.4 is 21.9 Å². The van der Waals surface area contributed by atoms with Crippen molar-refractivity contribution in [3.05, 3.63) is 5.56 Å². The number of hydrogen-bond donors (Lipinski definition) is 3. The lowest BCUT2D eigenvalue weighted by atomic mass is 10.3. The van der Waals surface area contributed by atoms with E-state index in [0.717, 1.165) is 25.9 Å². The zero-order valence-electron chi connectivity index (χ0n) is 8.77. The van der Waals surface area contributed by atoms with Gasteiger partial charge in [0, 0.05) is 13.1 Å². The molecule has 0 bridgehead atoms. The summed E-state index contributed by atoms with van der Waals surface area (Å²) in [6, 6.07) is 2.05. The number of nitrogen functional groups attached to an aromatic ring is 2. The smallest absolute Gasteiger partial charge is 0.224 e. The molecule has 2 rings (SSSR count). The third-order valence-corrected chi connectivity index (χ3v) is 2.56. The Morgan fingerprint density at radius 1 is 1.31 bits per heavy atom. The molecule has 0 saturated carbocycles. The van der Waals surface area contributed by atoms with Gasteiger partial charge in [0.25, 0.3) is 0 Å². The molecule has 1 aliphatic heterocycles. The summed E-state index contributed by atoms with van der Waals surface area (Å²) in [6.45, 7) is 1.77. The second-order valence-electron chi connectivity index (χ2n) is 3.58. The molecular weight excluding hydrogens is 206 g/mol. The number of hydrazine groups is 1. The normalized spacial score (nSPS) is 14.9. The van der Waals surface area contributed by atoms with Crippen LogP contribution in [0.5, 0.6) is 0 Å². The van der Waals surface area contributed by atoms with Crippen LogP contribution in [-0.4, -0.2) is 23.1 Å². The molecule has 0 aromatic carbocycles. The molecule has 1 saturated heterocycles. The highest BCUT2D eigenvalue weighted by Gasteiger charge is 2.21. The van der Waals surface area contributed by atoms with Crippen LogP contribution in [0.1, 0.15) is 18.4 Å². The number of nitrogens with one attached hydrogen (secondary N) is 1. The standard InChI is InChI=1S/C9H13N7/c10-5-6-7(15-12)13-9(11)14-8(6)16-3-1-2-4-16/h1-4,12H2,(H3,11,13,14,15). The Bertz CT molecular complexity index is 430. The van der Waals surface area contributed by atoms with Gasteiger partial charge in [0.15, 0.2) is 11.6 Å². The molecule has 7 heteroatoms. The molecule has 0 unspecified atom stereocenters. The second-order valence-corrected chi connectivity index (χ2v) is 3.58. The molecular formula is C9H13N7. The Morgan fingerprint density at radius 2 is 2.00 bits per heavy atom. The molecule has 1 aromatic rings. The van der Waals surface area contributed by atoms with Gasteiger partial charge in [-0.05, 0) is 12.8 Å². The van der Waals surface area contributed by atoms with Gasteiger partial charge in [-0.1, -0.05) is 0 Å². The maximum absolute atomic E-state index is 9.09. The molecule has 0 atom stereocenters. The maximum atomic E-state index is 9.09. The highest BCUT2D eigenvalue weighted by atomic mass is 15.3. The molecule has 1 aliphatic rings. The number of hydrogen-bond acceptors (Lipinski definition) is 7. The zero-order chi connectivity index (χ0) is 11.5.